The van der Waals surface area contributed by atoms with E-state index in [1.807, 2.05) is 6.92 Å². The smallest absolute Gasteiger partial charge is 0.136 e. The molecule has 186 valence electrons. The van der Waals surface area contributed by atoms with Crippen molar-refractivity contribution in [2.45, 2.75) is 126 Å². The molecule has 2 heteroatoms. The molecule has 5 aliphatic carbocycles. The van der Waals surface area contributed by atoms with Crippen molar-refractivity contribution < 1.29 is 9.90 Å². The number of hydrogen-bond acceptors (Lipinski definition) is 2. The molecule has 0 aliphatic heterocycles. The molecule has 0 saturated heterocycles. The molecule has 2 nitrogen and oxygen atoms in total. The molecule has 0 radical (unpaired) electrons. The van der Waals surface area contributed by atoms with Crippen molar-refractivity contribution >= 4 is 5.78 Å². The predicted octanol–water partition coefficient (Wildman–Crippen LogP) is 7.74. The summed E-state index contributed by atoms with van der Waals surface area (Å²) >= 11 is 0. The van der Waals surface area contributed by atoms with Crippen LogP contribution in [0.1, 0.15) is 120 Å². The third-order valence-electron chi connectivity index (χ3n) is 13.3. The molecule has 5 aliphatic rings. The van der Waals surface area contributed by atoms with Crippen molar-refractivity contribution in [3.05, 3.63) is 11.6 Å². The second-order valence-electron chi connectivity index (χ2n) is 15.3. The molecule has 0 spiro atoms. The van der Waals surface area contributed by atoms with E-state index in [0.717, 1.165) is 25.7 Å². The van der Waals surface area contributed by atoms with Crippen LogP contribution in [0.4, 0.5) is 0 Å². The Balaban J connectivity index is 1.60. The monoisotopic (exact) mass is 454 g/mol. The molecule has 0 aromatic heterocycles. The van der Waals surface area contributed by atoms with E-state index in [1.54, 1.807) is 5.57 Å². The highest BCUT2D eigenvalue weighted by molar-refractivity contribution is 5.83. The number of Topliss-reactive ketones (excluding diaryl/α,β-unsaturated/α-hetero) is 1. The average Bonchev–Trinajstić information content (AvgIpc) is 2.71. The Kier molecular flexibility index (Phi) is 5.10. The van der Waals surface area contributed by atoms with Gasteiger partial charge in [0.15, 0.2) is 0 Å². The molecule has 0 amide bonds. The summed E-state index contributed by atoms with van der Waals surface area (Å²) in [5, 5.41) is 10.9. The molecule has 0 heterocycles. The Bertz CT molecular complexity index is 881. The first-order valence-electron chi connectivity index (χ1n) is 14.0. The number of aliphatic hydroxyl groups is 1. The summed E-state index contributed by atoms with van der Waals surface area (Å²) in [5.74, 6) is 2.16. The van der Waals surface area contributed by atoms with E-state index in [4.69, 9.17) is 0 Å². The maximum atomic E-state index is 13.2. The van der Waals surface area contributed by atoms with Crippen LogP contribution >= 0.6 is 0 Å². The minimum absolute atomic E-state index is 0.00295. The van der Waals surface area contributed by atoms with Crippen molar-refractivity contribution in [2.24, 2.45) is 50.2 Å². The van der Waals surface area contributed by atoms with E-state index >= 15 is 0 Å². The lowest BCUT2D eigenvalue weighted by Gasteiger charge is -2.71. The van der Waals surface area contributed by atoms with Gasteiger partial charge < -0.3 is 5.11 Å². The lowest BCUT2D eigenvalue weighted by Crippen LogP contribution is -2.65. The molecular formula is C31H50O2. The van der Waals surface area contributed by atoms with Crippen LogP contribution in [0.2, 0.25) is 0 Å². The summed E-state index contributed by atoms with van der Waals surface area (Å²) in [6, 6.07) is 0. The van der Waals surface area contributed by atoms with Gasteiger partial charge in [-0.25, -0.2) is 0 Å². The number of aliphatic hydroxyl groups excluding tert-OH is 1. The second kappa shape index (κ2) is 6.98. The van der Waals surface area contributed by atoms with Gasteiger partial charge in [-0.3, -0.25) is 4.79 Å². The molecular weight excluding hydrogens is 404 g/mol. The van der Waals surface area contributed by atoms with E-state index in [-0.39, 0.29) is 27.8 Å². The molecule has 1 N–H and O–H groups in total. The van der Waals surface area contributed by atoms with Gasteiger partial charge in [0.05, 0.1) is 6.10 Å². The maximum Gasteiger partial charge on any atom is 0.136 e. The Morgan fingerprint density at radius 3 is 2.21 bits per heavy atom. The third kappa shape index (κ3) is 2.91. The highest BCUT2D eigenvalue weighted by atomic mass is 16.3. The van der Waals surface area contributed by atoms with Gasteiger partial charge in [0.25, 0.3) is 0 Å². The fourth-order valence-electron chi connectivity index (χ4n) is 10.9. The van der Waals surface area contributed by atoms with Crippen LogP contribution in [-0.2, 0) is 4.79 Å². The minimum atomic E-state index is -0.166. The molecule has 8 atom stereocenters. The molecule has 4 saturated carbocycles. The lowest BCUT2D eigenvalue weighted by atomic mass is 9.33. The predicted molar refractivity (Wildman–Crippen MR) is 136 cm³/mol. The summed E-state index contributed by atoms with van der Waals surface area (Å²) in [5.41, 5.74) is 2.67. The molecule has 0 aromatic carbocycles. The van der Waals surface area contributed by atoms with Gasteiger partial charge in [0.2, 0.25) is 0 Å². The van der Waals surface area contributed by atoms with Gasteiger partial charge >= 0.3 is 0 Å². The van der Waals surface area contributed by atoms with Crippen LogP contribution in [0.3, 0.4) is 0 Å². The van der Waals surface area contributed by atoms with Crippen molar-refractivity contribution in [3.8, 4) is 0 Å². The largest absolute Gasteiger partial charge is 0.393 e. The lowest BCUT2D eigenvalue weighted by molar-refractivity contribution is -0.203. The highest BCUT2D eigenvalue weighted by Crippen LogP contribution is 2.75. The first kappa shape index (κ1) is 24.1. The number of hydrogen-bond donors (Lipinski definition) is 1. The zero-order valence-electron chi connectivity index (χ0n) is 22.8. The summed E-state index contributed by atoms with van der Waals surface area (Å²) in [6.45, 7) is 19.2. The Labute approximate surface area is 203 Å². The average molecular weight is 455 g/mol. The van der Waals surface area contributed by atoms with Crippen molar-refractivity contribution in [3.63, 3.8) is 0 Å². The van der Waals surface area contributed by atoms with E-state index in [9.17, 15) is 9.90 Å². The van der Waals surface area contributed by atoms with Gasteiger partial charge in [-0.05, 0) is 116 Å². The van der Waals surface area contributed by atoms with E-state index in [2.05, 4.69) is 54.5 Å². The third-order valence-corrected chi connectivity index (χ3v) is 13.3. The van der Waals surface area contributed by atoms with Gasteiger partial charge in [-0.1, -0.05) is 60.1 Å². The summed E-state index contributed by atoms with van der Waals surface area (Å²) in [7, 11) is 0. The fourth-order valence-corrected chi connectivity index (χ4v) is 10.9. The SMILES string of the molecule is CC(=O)[C@]12CCC(C)(C)C[C@H]1C1=CC[C@@H]3[C@@]4(C)CC[C@H](O)C(C)(C)[C@@H]4CC[C@@]3(C)[C@]1(C)CC2. The van der Waals surface area contributed by atoms with Gasteiger partial charge in [0, 0.05) is 5.41 Å². The van der Waals surface area contributed by atoms with E-state index < -0.39 is 0 Å². The standard InChI is InChI=1S/C31H50O2/c1-20(32)31-17-15-26(2,3)19-22(31)21-9-10-24-28(6)13-12-25(33)27(4,5)23(28)11-14-30(24,8)29(21,7)16-18-31/h9,22-25,33H,10-19H2,1-8H3/t22-,23-,24+,25-,28-,29+,30+,31+/m0/s1. The zero-order valence-corrected chi connectivity index (χ0v) is 22.8. The molecule has 33 heavy (non-hydrogen) atoms. The van der Waals surface area contributed by atoms with Gasteiger partial charge in [-0.2, -0.15) is 0 Å². The van der Waals surface area contributed by atoms with Crippen LogP contribution in [-0.4, -0.2) is 17.0 Å². The molecule has 0 unspecified atom stereocenters. The Morgan fingerprint density at radius 1 is 0.879 bits per heavy atom. The zero-order chi connectivity index (χ0) is 24.2. The summed E-state index contributed by atoms with van der Waals surface area (Å²) in [4.78, 5) is 13.2. The molecule has 0 aromatic rings. The van der Waals surface area contributed by atoms with Gasteiger partial charge in [-0.15, -0.1) is 0 Å². The normalized spacial score (nSPS) is 52.5. The van der Waals surface area contributed by atoms with Crippen molar-refractivity contribution in [1.29, 1.82) is 0 Å². The Morgan fingerprint density at radius 2 is 1.55 bits per heavy atom. The summed E-state index contributed by atoms with van der Waals surface area (Å²) in [6.07, 6.45) is 14.0. The summed E-state index contributed by atoms with van der Waals surface area (Å²) < 4.78 is 0. The van der Waals surface area contributed by atoms with Crippen LogP contribution < -0.4 is 0 Å². The highest BCUT2D eigenvalue weighted by Gasteiger charge is 2.68. The quantitative estimate of drug-likeness (QED) is 0.411. The van der Waals surface area contributed by atoms with Crippen molar-refractivity contribution in [2.75, 3.05) is 0 Å². The minimum Gasteiger partial charge on any atom is -0.393 e. The Hall–Kier alpha value is -0.630. The second-order valence-corrected chi connectivity index (χ2v) is 15.3. The first-order valence-corrected chi connectivity index (χ1v) is 14.0. The molecule has 0 bridgehead atoms. The maximum absolute atomic E-state index is 13.2. The van der Waals surface area contributed by atoms with Gasteiger partial charge in [0.1, 0.15) is 5.78 Å². The topological polar surface area (TPSA) is 37.3 Å². The van der Waals surface area contributed by atoms with Crippen LogP contribution in [0, 0.1) is 50.2 Å². The number of allylic oxidation sites excluding steroid dienone is 2. The van der Waals surface area contributed by atoms with Crippen LogP contribution in [0.25, 0.3) is 0 Å². The van der Waals surface area contributed by atoms with Crippen LogP contribution in [0.5, 0.6) is 0 Å². The molecule has 4 fully saturated rings. The number of rotatable bonds is 1. The van der Waals surface area contributed by atoms with Crippen molar-refractivity contribution in [1.82, 2.24) is 0 Å². The van der Waals surface area contributed by atoms with Crippen LogP contribution in [0.15, 0.2) is 11.6 Å². The van der Waals surface area contributed by atoms with E-state index in [0.29, 0.717) is 34.4 Å². The number of ketones is 1. The fraction of sp³-hybridized carbons (Fsp3) is 0.903. The van der Waals surface area contributed by atoms with E-state index in [1.165, 1.54) is 38.5 Å². The number of fused-ring (bicyclic) bond motifs is 7. The number of carbonyl (C=O) groups is 1. The first-order chi connectivity index (χ1) is 15.1. The number of carbonyl (C=O) groups excluding carboxylic acids is 1. The molecule has 5 rings (SSSR count).